The van der Waals surface area contributed by atoms with E-state index >= 15 is 0 Å². The smallest absolute Gasteiger partial charge is 0.256 e. The zero-order valence-electron chi connectivity index (χ0n) is 21.3. The average molecular weight is 483 g/mol. The number of imidazole rings is 1. The van der Waals surface area contributed by atoms with Gasteiger partial charge in [-0.2, -0.15) is 0 Å². The van der Waals surface area contributed by atoms with Crippen molar-refractivity contribution in [3.8, 4) is 0 Å². The van der Waals surface area contributed by atoms with Crippen LogP contribution >= 0.6 is 24.7 Å². The molecule has 1 rings (SSSR count). The van der Waals surface area contributed by atoms with E-state index in [1.54, 1.807) is 0 Å². The van der Waals surface area contributed by atoms with Gasteiger partial charge in [-0.25, -0.2) is 9.13 Å². The van der Waals surface area contributed by atoms with Gasteiger partial charge >= 0.3 is 0 Å². The maximum atomic E-state index is 11.0. The Morgan fingerprint density at radius 2 is 1.32 bits per heavy atom. The highest BCUT2D eigenvalue weighted by molar-refractivity contribution is 8.07. The van der Waals surface area contributed by atoms with Gasteiger partial charge in [-0.15, -0.1) is 11.5 Å². The maximum absolute atomic E-state index is 11.0. The van der Waals surface area contributed by atoms with Crippen LogP contribution in [-0.2, 0) is 19.5 Å². The van der Waals surface area contributed by atoms with Gasteiger partial charge in [0.1, 0.15) is 50.2 Å². The van der Waals surface area contributed by atoms with Gasteiger partial charge in [-0.05, 0) is 55.4 Å². The predicted octanol–water partition coefficient (Wildman–Crippen LogP) is 5.56. The summed E-state index contributed by atoms with van der Waals surface area (Å²) in [6.07, 6.45) is 5.62. The number of hydrogen-bond acceptors (Lipinski definition) is 5. The molecule has 31 heavy (non-hydrogen) atoms. The van der Waals surface area contributed by atoms with Gasteiger partial charge in [0.2, 0.25) is 0 Å². The van der Waals surface area contributed by atoms with Crippen molar-refractivity contribution < 1.29 is 12.3 Å². The molecular weight excluding hydrogens is 436 g/mol. The summed E-state index contributed by atoms with van der Waals surface area (Å²) in [6, 6.07) is 2.38. The molecule has 0 aromatic carbocycles. The first kappa shape index (κ1) is 30.6. The van der Waals surface area contributed by atoms with Crippen molar-refractivity contribution in [1.82, 2.24) is 18.1 Å². The molecule has 1 aromatic heterocycles. The molecule has 0 saturated heterocycles. The molecule has 184 valence electrons. The number of aromatic nitrogens is 2. The Bertz CT molecular complexity index is 521. The van der Waals surface area contributed by atoms with Gasteiger partial charge in [0.15, 0.2) is 0 Å². The lowest BCUT2D eigenvalue weighted by Crippen LogP contribution is -2.47. The average Bonchev–Trinajstić information content (AvgIpc) is 3.08. The number of hydrogen-bond donors (Lipinski definition) is 0. The van der Waals surface area contributed by atoms with E-state index in [-0.39, 0.29) is 24.7 Å². The molecule has 0 atom stereocenters. The van der Waals surface area contributed by atoms with Gasteiger partial charge in [-0.3, -0.25) is 9.80 Å². The van der Waals surface area contributed by atoms with Gasteiger partial charge in [0.05, 0.1) is 0 Å². The normalized spacial score (nSPS) is 12.2. The van der Waals surface area contributed by atoms with Crippen LogP contribution in [0.3, 0.4) is 0 Å². The standard InChI is InChI=1S/C21H43N4.CH3F2NS2/c1-10-21-22(13-15-24(17(2)3)18(4)5)11-12-23(21)14-16-25(19(6)7)20(8)9;1-4(5-2)6-3/h11-12,17-20H,10,13-16H2,1-9H3;1H3/q+1;. The molecular formula is C22H46F2N5S2+. The fourth-order valence-corrected chi connectivity index (χ4v) is 4.08. The predicted molar refractivity (Wildman–Crippen MR) is 133 cm³/mol. The molecule has 0 bridgehead atoms. The third kappa shape index (κ3) is 11.4. The number of halogens is 2. The first-order valence-electron chi connectivity index (χ1n) is 11.4. The Kier molecular flexibility index (Phi) is 16.1. The number of nitrogens with zero attached hydrogens (tertiary/aromatic N) is 5. The second-order valence-corrected chi connectivity index (χ2v) is 10.5. The maximum Gasteiger partial charge on any atom is 0.256 e. The number of rotatable bonds is 13. The van der Waals surface area contributed by atoms with Gasteiger partial charge in [-0.1, -0.05) is 6.92 Å². The third-order valence-electron chi connectivity index (χ3n) is 5.45. The van der Waals surface area contributed by atoms with E-state index in [9.17, 15) is 7.77 Å². The fourth-order valence-electron chi connectivity index (χ4n) is 3.99. The molecule has 0 N–H and O–H groups in total. The fraction of sp³-hybridized carbons (Fsp3) is 0.864. The van der Waals surface area contributed by atoms with E-state index in [0.717, 1.165) is 36.3 Å². The van der Waals surface area contributed by atoms with Gasteiger partial charge < -0.3 is 0 Å². The molecule has 0 unspecified atom stereocenters. The third-order valence-corrected chi connectivity index (χ3v) is 6.18. The van der Waals surface area contributed by atoms with Crippen LogP contribution in [0.15, 0.2) is 12.4 Å². The molecule has 0 aliphatic heterocycles. The molecule has 9 heteroatoms. The molecule has 0 aliphatic carbocycles. The quantitative estimate of drug-likeness (QED) is 0.270. The summed E-state index contributed by atoms with van der Waals surface area (Å²) in [4.78, 5) is 5.14. The molecule has 0 spiro atoms. The molecule has 1 heterocycles. The van der Waals surface area contributed by atoms with E-state index in [1.807, 2.05) is 0 Å². The Balaban J connectivity index is 0.00000131. The lowest BCUT2D eigenvalue weighted by atomic mass is 10.2. The summed E-state index contributed by atoms with van der Waals surface area (Å²) in [5, 5.41) is 0. The minimum Gasteiger partial charge on any atom is -0.295 e. The van der Waals surface area contributed by atoms with Crippen LogP contribution in [0.25, 0.3) is 0 Å². The van der Waals surface area contributed by atoms with Crippen LogP contribution in [-0.4, -0.2) is 62.4 Å². The van der Waals surface area contributed by atoms with Gasteiger partial charge in [0, 0.05) is 50.7 Å². The Labute approximate surface area is 199 Å². The van der Waals surface area contributed by atoms with E-state index in [1.165, 1.54) is 12.9 Å². The summed E-state index contributed by atoms with van der Waals surface area (Å²) < 4.78 is 27.6. The Morgan fingerprint density at radius 3 is 1.68 bits per heavy atom. The molecule has 5 nitrogen and oxygen atoms in total. The van der Waals surface area contributed by atoms with Crippen LogP contribution in [0, 0.1) is 0 Å². The van der Waals surface area contributed by atoms with Crippen molar-refractivity contribution in [3.05, 3.63) is 18.2 Å². The van der Waals surface area contributed by atoms with Crippen LogP contribution in [0.1, 0.15) is 68.1 Å². The molecule has 1 aromatic rings. The van der Waals surface area contributed by atoms with E-state index in [0.29, 0.717) is 24.2 Å². The lowest BCUT2D eigenvalue weighted by Gasteiger charge is -2.30. The van der Waals surface area contributed by atoms with Crippen molar-refractivity contribution in [2.45, 2.75) is 106 Å². The zero-order valence-corrected chi connectivity index (χ0v) is 22.9. The summed E-state index contributed by atoms with van der Waals surface area (Å²) in [5.74, 6) is 1.44. The lowest BCUT2D eigenvalue weighted by molar-refractivity contribution is -0.703. The van der Waals surface area contributed by atoms with Crippen molar-refractivity contribution in [3.63, 3.8) is 0 Å². The van der Waals surface area contributed by atoms with E-state index < -0.39 is 0 Å². The minimum absolute atomic E-state index is 0.154. The Hall–Kier alpha value is -0.350. The molecule has 0 amide bonds. The van der Waals surface area contributed by atoms with Crippen molar-refractivity contribution >= 4 is 24.7 Å². The Morgan fingerprint density at radius 1 is 0.871 bits per heavy atom. The SMILES string of the molecule is CCc1n(CCN(C(C)C)C(C)C)cc[n+]1CCN(C(C)C)C(C)C.CN(SF)SF. The van der Waals surface area contributed by atoms with E-state index in [4.69, 9.17) is 0 Å². The summed E-state index contributed by atoms with van der Waals surface area (Å²) in [7, 11) is 1.29. The van der Waals surface area contributed by atoms with Crippen molar-refractivity contribution in [1.29, 1.82) is 0 Å². The summed E-state index contributed by atoms with van der Waals surface area (Å²) in [5.41, 5.74) is 0. The molecule has 0 saturated carbocycles. The molecule has 0 radical (unpaired) electrons. The van der Waals surface area contributed by atoms with Gasteiger partial charge in [0.25, 0.3) is 5.82 Å². The highest BCUT2D eigenvalue weighted by Gasteiger charge is 2.20. The topological polar surface area (TPSA) is 18.5 Å². The second kappa shape index (κ2) is 16.3. The summed E-state index contributed by atoms with van der Waals surface area (Å²) >= 11 is -0.308. The first-order valence-corrected chi connectivity index (χ1v) is 12.7. The van der Waals surface area contributed by atoms with Crippen LogP contribution in [0.4, 0.5) is 7.77 Å². The second-order valence-electron chi connectivity index (χ2n) is 8.88. The van der Waals surface area contributed by atoms with Crippen LogP contribution in [0.2, 0.25) is 0 Å². The first-order chi connectivity index (χ1) is 14.5. The highest BCUT2D eigenvalue weighted by atomic mass is 32.3. The van der Waals surface area contributed by atoms with Crippen LogP contribution in [0.5, 0.6) is 0 Å². The van der Waals surface area contributed by atoms with Crippen molar-refractivity contribution in [2.75, 3.05) is 20.1 Å². The highest BCUT2D eigenvalue weighted by Crippen LogP contribution is 2.18. The molecule has 0 fully saturated rings. The largest absolute Gasteiger partial charge is 0.295 e. The van der Waals surface area contributed by atoms with Crippen molar-refractivity contribution in [2.24, 2.45) is 0 Å². The minimum atomic E-state index is -0.154. The zero-order chi connectivity index (χ0) is 24.1. The summed E-state index contributed by atoms with van der Waals surface area (Å²) in [6.45, 7) is 25.0. The van der Waals surface area contributed by atoms with E-state index in [2.05, 4.69) is 93.6 Å². The van der Waals surface area contributed by atoms with Crippen LogP contribution < -0.4 is 4.57 Å². The monoisotopic (exact) mass is 482 g/mol. The molecule has 0 aliphatic rings.